The van der Waals surface area contributed by atoms with Gasteiger partial charge in [-0.1, -0.05) is 22.0 Å². The van der Waals surface area contributed by atoms with Gasteiger partial charge in [0.2, 0.25) is 0 Å². The largest absolute Gasteiger partial charge is 0.351 e. The molecule has 1 amide bonds. The number of aryl methyl sites for hydroxylation is 1. The van der Waals surface area contributed by atoms with Crippen LogP contribution in [0.4, 0.5) is 11.5 Å². The Hall–Kier alpha value is -1.99. The Balaban J connectivity index is 1.97. The number of amides is 1. The average Bonchev–Trinajstić information content (AvgIpc) is 2.55. The monoisotopic (exact) mass is 391 g/mol. The number of hydrogen-bond acceptors (Lipinski definition) is 5. The van der Waals surface area contributed by atoms with Gasteiger partial charge in [0.05, 0.1) is 0 Å². The first-order chi connectivity index (χ1) is 11.5. The number of anilines is 2. The van der Waals surface area contributed by atoms with Gasteiger partial charge in [0, 0.05) is 22.8 Å². The molecule has 128 valence electrons. The fourth-order valence-electron chi connectivity index (χ4n) is 2.06. The minimum Gasteiger partial charge on any atom is -0.351 e. The Morgan fingerprint density at radius 2 is 2.04 bits per heavy atom. The molecule has 0 atom stereocenters. The van der Waals surface area contributed by atoms with Crippen LogP contribution in [0.25, 0.3) is 0 Å². The van der Waals surface area contributed by atoms with E-state index in [-0.39, 0.29) is 5.91 Å². The molecule has 0 aliphatic carbocycles. The molecule has 0 bridgehead atoms. The zero-order valence-electron chi connectivity index (χ0n) is 14.1. The molecular formula is C17H22BrN5O. The van der Waals surface area contributed by atoms with E-state index < -0.39 is 0 Å². The standard InChI is InChI=1S/C17H22BrN5O/c1-12-5-6-13(9-14(12)18)22-16-10-15(20-11-21-16)17(24)19-7-4-8-23(2)3/h5-6,9-11H,4,7-8H2,1-3H3,(H,19,24)(H,20,21,22). The van der Waals surface area contributed by atoms with Gasteiger partial charge in [-0.15, -0.1) is 0 Å². The summed E-state index contributed by atoms with van der Waals surface area (Å²) < 4.78 is 1.01. The van der Waals surface area contributed by atoms with Crippen molar-refractivity contribution in [3.8, 4) is 0 Å². The highest BCUT2D eigenvalue weighted by Gasteiger charge is 2.08. The summed E-state index contributed by atoms with van der Waals surface area (Å²) in [7, 11) is 4.02. The van der Waals surface area contributed by atoms with Crippen LogP contribution in [-0.4, -0.2) is 48.0 Å². The molecule has 6 nitrogen and oxygen atoms in total. The number of hydrogen-bond donors (Lipinski definition) is 2. The van der Waals surface area contributed by atoms with Crippen LogP contribution in [0.5, 0.6) is 0 Å². The van der Waals surface area contributed by atoms with Crippen molar-refractivity contribution in [1.29, 1.82) is 0 Å². The summed E-state index contributed by atoms with van der Waals surface area (Å²) in [5.74, 6) is 0.392. The average molecular weight is 392 g/mol. The van der Waals surface area contributed by atoms with Gasteiger partial charge in [-0.2, -0.15) is 0 Å². The third kappa shape index (κ3) is 5.58. The van der Waals surface area contributed by atoms with Crippen molar-refractivity contribution >= 4 is 33.3 Å². The Labute approximate surface area is 150 Å². The number of benzene rings is 1. The van der Waals surface area contributed by atoms with Crippen LogP contribution in [0.3, 0.4) is 0 Å². The SMILES string of the molecule is Cc1ccc(Nc2cc(C(=O)NCCCN(C)C)ncn2)cc1Br. The molecule has 1 heterocycles. The molecule has 7 heteroatoms. The lowest BCUT2D eigenvalue weighted by molar-refractivity contribution is 0.0947. The van der Waals surface area contributed by atoms with Crippen LogP contribution in [-0.2, 0) is 0 Å². The number of nitrogens with one attached hydrogen (secondary N) is 2. The van der Waals surface area contributed by atoms with E-state index in [4.69, 9.17) is 0 Å². The summed E-state index contributed by atoms with van der Waals surface area (Å²) in [5, 5.41) is 6.05. The zero-order chi connectivity index (χ0) is 17.5. The molecule has 2 N–H and O–H groups in total. The predicted octanol–water partition coefficient (Wildman–Crippen LogP) is 2.97. The van der Waals surface area contributed by atoms with E-state index >= 15 is 0 Å². The maximum atomic E-state index is 12.1. The first-order valence-electron chi connectivity index (χ1n) is 7.74. The molecule has 0 spiro atoms. The van der Waals surface area contributed by atoms with Crippen LogP contribution in [0.2, 0.25) is 0 Å². The van der Waals surface area contributed by atoms with Gasteiger partial charge in [0.15, 0.2) is 0 Å². The fraction of sp³-hybridized carbons (Fsp3) is 0.353. The van der Waals surface area contributed by atoms with E-state index in [1.165, 1.54) is 6.33 Å². The van der Waals surface area contributed by atoms with Crippen molar-refractivity contribution in [1.82, 2.24) is 20.2 Å². The third-order valence-corrected chi connectivity index (χ3v) is 4.27. The lowest BCUT2D eigenvalue weighted by Gasteiger charge is -2.10. The van der Waals surface area contributed by atoms with E-state index in [1.54, 1.807) is 6.07 Å². The predicted molar refractivity (Wildman–Crippen MR) is 99.7 cm³/mol. The summed E-state index contributed by atoms with van der Waals surface area (Å²) in [5.41, 5.74) is 2.40. The molecular weight excluding hydrogens is 370 g/mol. The van der Waals surface area contributed by atoms with Gasteiger partial charge < -0.3 is 15.5 Å². The van der Waals surface area contributed by atoms with Gasteiger partial charge in [-0.25, -0.2) is 9.97 Å². The number of nitrogens with zero attached hydrogens (tertiary/aromatic N) is 3. The molecule has 0 aliphatic rings. The Kier molecular flexibility index (Phi) is 6.69. The van der Waals surface area contributed by atoms with Crippen molar-refractivity contribution in [3.05, 3.63) is 46.3 Å². The Morgan fingerprint density at radius 1 is 1.25 bits per heavy atom. The number of rotatable bonds is 7. The molecule has 2 rings (SSSR count). The van der Waals surface area contributed by atoms with Gasteiger partial charge in [0.25, 0.3) is 5.91 Å². The van der Waals surface area contributed by atoms with E-state index in [2.05, 4.69) is 41.4 Å². The summed E-state index contributed by atoms with van der Waals surface area (Å²) in [6.07, 6.45) is 2.28. The van der Waals surface area contributed by atoms with Crippen molar-refractivity contribution in [2.45, 2.75) is 13.3 Å². The second-order valence-corrected chi connectivity index (χ2v) is 6.64. The van der Waals surface area contributed by atoms with Crippen LogP contribution in [0.1, 0.15) is 22.5 Å². The molecule has 1 aromatic carbocycles. The summed E-state index contributed by atoms with van der Waals surface area (Å²) in [6.45, 7) is 3.57. The van der Waals surface area contributed by atoms with Crippen molar-refractivity contribution < 1.29 is 4.79 Å². The Bertz CT molecular complexity index is 705. The quantitative estimate of drug-likeness (QED) is 0.709. The highest BCUT2D eigenvalue weighted by atomic mass is 79.9. The maximum absolute atomic E-state index is 12.1. The molecule has 0 saturated heterocycles. The van der Waals surface area contributed by atoms with Gasteiger partial charge in [-0.05, 0) is 51.7 Å². The zero-order valence-corrected chi connectivity index (χ0v) is 15.7. The molecule has 0 radical (unpaired) electrons. The lowest BCUT2D eigenvalue weighted by Crippen LogP contribution is -2.27. The smallest absolute Gasteiger partial charge is 0.270 e. The van der Waals surface area contributed by atoms with Gasteiger partial charge in [0.1, 0.15) is 17.8 Å². The maximum Gasteiger partial charge on any atom is 0.270 e. The Morgan fingerprint density at radius 3 is 2.75 bits per heavy atom. The minimum atomic E-state index is -0.190. The van der Waals surface area contributed by atoms with Crippen LogP contribution in [0.15, 0.2) is 35.1 Å². The topological polar surface area (TPSA) is 70.2 Å². The molecule has 0 fully saturated rings. The van der Waals surface area contributed by atoms with E-state index in [0.29, 0.717) is 18.1 Å². The highest BCUT2D eigenvalue weighted by molar-refractivity contribution is 9.10. The number of halogens is 1. The van der Waals surface area contributed by atoms with E-state index in [9.17, 15) is 4.79 Å². The van der Waals surface area contributed by atoms with Crippen LogP contribution < -0.4 is 10.6 Å². The number of aromatic nitrogens is 2. The third-order valence-electron chi connectivity index (χ3n) is 3.41. The fourth-order valence-corrected chi connectivity index (χ4v) is 2.43. The molecule has 1 aromatic heterocycles. The van der Waals surface area contributed by atoms with Crippen LogP contribution in [0, 0.1) is 6.92 Å². The summed E-state index contributed by atoms with van der Waals surface area (Å²) in [6, 6.07) is 7.59. The first kappa shape index (κ1) is 18.4. The van der Waals surface area contributed by atoms with E-state index in [1.807, 2.05) is 39.2 Å². The number of carbonyl (C=O) groups is 1. The van der Waals surface area contributed by atoms with Crippen molar-refractivity contribution in [2.75, 3.05) is 32.5 Å². The summed E-state index contributed by atoms with van der Waals surface area (Å²) >= 11 is 3.50. The van der Waals surface area contributed by atoms with Gasteiger partial charge >= 0.3 is 0 Å². The van der Waals surface area contributed by atoms with Crippen molar-refractivity contribution in [2.24, 2.45) is 0 Å². The number of carbonyl (C=O) groups excluding carboxylic acids is 1. The minimum absolute atomic E-state index is 0.190. The van der Waals surface area contributed by atoms with Gasteiger partial charge in [-0.3, -0.25) is 4.79 Å². The normalized spacial score (nSPS) is 10.7. The lowest BCUT2D eigenvalue weighted by atomic mass is 10.2. The second-order valence-electron chi connectivity index (χ2n) is 5.79. The van der Waals surface area contributed by atoms with E-state index in [0.717, 1.165) is 28.7 Å². The molecule has 0 aliphatic heterocycles. The first-order valence-corrected chi connectivity index (χ1v) is 8.53. The molecule has 0 unspecified atom stereocenters. The van der Waals surface area contributed by atoms with Crippen LogP contribution >= 0.6 is 15.9 Å². The molecule has 2 aromatic rings. The summed E-state index contributed by atoms with van der Waals surface area (Å²) in [4.78, 5) is 22.4. The second kappa shape index (κ2) is 8.75. The molecule has 0 saturated carbocycles. The highest BCUT2D eigenvalue weighted by Crippen LogP contribution is 2.22. The van der Waals surface area contributed by atoms with Crippen molar-refractivity contribution in [3.63, 3.8) is 0 Å². The molecule has 24 heavy (non-hydrogen) atoms.